The van der Waals surface area contributed by atoms with Crippen LogP contribution < -0.4 is 0 Å². The summed E-state index contributed by atoms with van der Waals surface area (Å²) in [6.45, 7) is 4.97. The average molecular weight is 390 g/mol. The second-order valence-electron chi connectivity index (χ2n) is 7.50. The maximum absolute atomic E-state index is 12.8. The maximum atomic E-state index is 12.8. The highest BCUT2D eigenvalue weighted by Crippen LogP contribution is 2.49. The topological polar surface area (TPSA) is 96.6 Å². The first-order chi connectivity index (χ1) is 12.8. The van der Waals surface area contributed by atoms with E-state index in [1.165, 1.54) is 11.2 Å². The number of likely N-dealkylation sites (tertiary alicyclic amines) is 1. The third-order valence-electron chi connectivity index (χ3n) is 5.50. The Labute approximate surface area is 158 Å². The molecule has 1 atom stereocenters. The molecule has 1 aromatic heterocycles. The Hall–Kier alpha value is -2.26. The van der Waals surface area contributed by atoms with Crippen molar-refractivity contribution in [2.45, 2.75) is 25.5 Å². The Morgan fingerprint density at radius 1 is 1.26 bits per heavy atom. The molecular weight excluding hydrogens is 368 g/mol. The van der Waals surface area contributed by atoms with E-state index >= 15 is 0 Å². The highest BCUT2D eigenvalue weighted by molar-refractivity contribution is 7.88. The first-order valence-electron chi connectivity index (χ1n) is 8.87. The van der Waals surface area contributed by atoms with Crippen LogP contribution in [0.25, 0.3) is 0 Å². The maximum Gasteiger partial charge on any atom is 0.232 e. The largest absolute Gasteiger partial charge is 0.341 e. The van der Waals surface area contributed by atoms with Crippen molar-refractivity contribution in [3.8, 4) is 0 Å². The highest BCUT2D eigenvalue weighted by Gasteiger charge is 2.59. The lowest BCUT2D eigenvalue weighted by atomic mass is 9.73. The molecule has 2 saturated heterocycles. The van der Waals surface area contributed by atoms with E-state index < -0.39 is 10.0 Å². The smallest absolute Gasteiger partial charge is 0.232 e. The average Bonchev–Trinajstić information content (AvgIpc) is 3.17. The van der Waals surface area contributed by atoms with Crippen LogP contribution in [0.15, 0.2) is 34.9 Å². The Balaban J connectivity index is 1.54. The van der Waals surface area contributed by atoms with Gasteiger partial charge in [0.25, 0.3) is 0 Å². The second kappa shape index (κ2) is 6.42. The number of nitrogens with zero attached hydrogens (tertiary/aromatic N) is 4. The molecule has 1 unspecified atom stereocenters. The van der Waals surface area contributed by atoms with Crippen LogP contribution >= 0.6 is 0 Å². The molecule has 2 aromatic rings. The summed E-state index contributed by atoms with van der Waals surface area (Å²) < 4.78 is 32.4. The van der Waals surface area contributed by atoms with Gasteiger partial charge in [-0.3, -0.25) is 4.79 Å². The zero-order valence-electron chi connectivity index (χ0n) is 15.3. The first-order valence-corrected chi connectivity index (χ1v) is 10.5. The number of rotatable bonds is 4. The monoisotopic (exact) mass is 390 g/mol. The molecule has 4 rings (SSSR count). The number of amides is 1. The molecular formula is C18H22N4O4S. The van der Waals surface area contributed by atoms with Gasteiger partial charge in [0.2, 0.25) is 21.8 Å². The molecule has 0 bridgehead atoms. The van der Waals surface area contributed by atoms with Gasteiger partial charge in [-0.15, -0.1) is 0 Å². The lowest BCUT2D eigenvalue weighted by molar-refractivity contribution is -0.128. The lowest BCUT2D eigenvalue weighted by Gasteiger charge is -2.48. The molecule has 0 N–H and O–H groups in total. The van der Waals surface area contributed by atoms with Crippen molar-refractivity contribution in [3.63, 3.8) is 0 Å². The lowest BCUT2D eigenvalue weighted by Crippen LogP contribution is -2.61. The van der Waals surface area contributed by atoms with E-state index in [1.807, 2.05) is 30.3 Å². The number of benzene rings is 1. The van der Waals surface area contributed by atoms with E-state index in [2.05, 4.69) is 10.1 Å². The molecule has 2 aliphatic rings. The number of aryl methyl sites for hydroxylation is 1. The van der Waals surface area contributed by atoms with E-state index in [0.717, 1.165) is 5.56 Å². The summed E-state index contributed by atoms with van der Waals surface area (Å²) in [5.74, 6) is 0.820. The molecule has 2 fully saturated rings. The predicted molar refractivity (Wildman–Crippen MR) is 97.1 cm³/mol. The third kappa shape index (κ3) is 3.25. The van der Waals surface area contributed by atoms with Gasteiger partial charge in [0.05, 0.1) is 11.7 Å². The van der Waals surface area contributed by atoms with Crippen LogP contribution in [0.2, 0.25) is 0 Å². The fraction of sp³-hybridized carbons (Fsp3) is 0.500. The van der Waals surface area contributed by atoms with Gasteiger partial charge in [-0.1, -0.05) is 35.5 Å². The van der Waals surface area contributed by atoms with Crippen LogP contribution in [0, 0.1) is 12.3 Å². The number of aromatic nitrogens is 2. The van der Waals surface area contributed by atoms with Crippen LogP contribution in [-0.4, -0.2) is 59.8 Å². The Kier molecular flexibility index (Phi) is 4.31. The summed E-state index contributed by atoms with van der Waals surface area (Å²) in [4.78, 5) is 18.0. The zero-order chi connectivity index (χ0) is 19.2. The predicted octanol–water partition coefficient (Wildman–Crippen LogP) is 1.16. The minimum atomic E-state index is -3.41. The van der Waals surface area contributed by atoms with Gasteiger partial charge in [0, 0.05) is 38.5 Å². The van der Waals surface area contributed by atoms with Gasteiger partial charge >= 0.3 is 0 Å². The zero-order valence-corrected chi connectivity index (χ0v) is 16.1. The van der Waals surface area contributed by atoms with E-state index in [0.29, 0.717) is 37.9 Å². The van der Waals surface area contributed by atoms with Crippen LogP contribution in [0.4, 0.5) is 0 Å². The van der Waals surface area contributed by atoms with Gasteiger partial charge in [0.1, 0.15) is 0 Å². The fourth-order valence-electron chi connectivity index (χ4n) is 4.05. The molecule has 8 nitrogen and oxygen atoms in total. The summed E-state index contributed by atoms with van der Waals surface area (Å²) in [7, 11) is -3.41. The number of sulfonamides is 1. The summed E-state index contributed by atoms with van der Waals surface area (Å²) in [5.41, 5.74) is 0.397. The van der Waals surface area contributed by atoms with Crippen LogP contribution in [-0.2, 0) is 20.6 Å². The van der Waals surface area contributed by atoms with Crippen LogP contribution in [0.3, 0.4) is 0 Å². The van der Waals surface area contributed by atoms with Crippen molar-refractivity contribution in [2.75, 3.05) is 26.2 Å². The minimum Gasteiger partial charge on any atom is -0.341 e. The Morgan fingerprint density at radius 3 is 2.56 bits per heavy atom. The number of hydrogen-bond donors (Lipinski definition) is 0. The molecule has 144 valence electrons. The minimum absolute atomic E-state index is 0.0231. The van der Waals surface area contributed by atoms with Gasteiger partial charge in [-0.25, -0.2) is 12.7 Å². The Morgan fingerprint density at radius 2 is 1.96 bits per heavy atom. The summed E-state index contributed by atoms with van der Waals surface area (Å²) in [6.07, 6.45) is 0. The molecule has 3 heterocycles. The number of hydrogen-bond acceptors (Lipinski definition) is 6. The van der Waals surface area contributed by atoms with Crippen LogP contribution in [0.1, 0.15) is 30.1 Å². The standard InChI is InChI=1S/C18H22N4O4S/c1-13-19-17(26-20-13)16-8-21(14(2)23)10-18(16)11-22(12-18)27(24,25)9-15-6-4-3-5-7-15/h3-7,16H,8-12H2,1-2H3. The Bertz CT molecular complexity index is 951. The first kappa shape index (κ1) is 18.1. The van der Waals surface area contributed by atoms with E-state index in [1.54, 1.807) is 11.8 Å². The van der Waals surface area contributed by atoms with Crippen molar-refractivity contribution < 1.29 is 17.7 Å². The van der Waals surface area contributed by atoms with Crippen molar-refractivity contribution in [1.29, 1.82) is 0 Å². The molecule has 1 amide bonds. The SMILES string of the molecule is CC(=O)N1CC(c2nc(C)no2)C2(C1)CN(S(=O)(=O)Cc1ccccc1)C2. The molecule has 27 heavy (non-hydrogen) atoms. The molecule has 0 saturated carbocycles. The van der Waals surface area contributed by atoms with Crippen LogP contribution in [0.5, 0.6) is 0 Å². The highest BCUT2D eigenvalue weighted by atomic mass is 32.2. The molecule has 1 aromatic carbocycles. The molecule has 2 aliphatic heterocycles. The molecule has 9 heteroatoms. The summed E-state index contributed by atoms with van der Waals surface area (Å²) in [6, 6.07) is 9.14. The van der Waals surface area contributed by atoms with Crippen molar-refractivity contribution in [1.82, 2.24) is 19.3 Å². The van der Waals surface area contributed by atoms with Crippen molar-refractivity contribution in [2.24, 2.45) is 5.41 Å². The normalized spacial score (nSPS) is 22.1. The third-order valence-corrected chi connectivity index (χ3v) is 7.25. The quantitative estimate of drug-likeness (QED) is 0.777. The van der Waals surface area contributed by atoms with Crippen molar-refractivity contribution in [3.05, 3.63) is 47.6 Å². The summed E-state index contributed by atoms with van der Waals surface area (Å²) in [5, 5.41) is 3.86. The van der Waals surface area contributed by atoms with Gasteiger partial charge in [-0.05, 0) is 12.5 Å². The summed E-state index contributed by atoms with van der Waals surface area (Å²) >= 11 is 0. The van der Waals surface area contributed by atoms with Crippen molar-refractivity contribution >= 4 is 15.9 Å². The number of carbonyl (C=O) groups is 1. The van der Waals surface area contributed by atoms with Gasteiger partial charge in [0.15, 0.2) is 5.82 Å². The molecule has 0 aliphatic carbocycles. The van der Waals surface area contributed by atoms with Gasteiger partial charge < -0.3 is 9.42 Å². The molecule has 0 radical (unpaired) electrons. The van der Waals surface area contributed by atoms with Gasteiger partial charge in [-0.2, -0.15) is 4.98 Å². The van der Waals surface area contributed by atoms with E-state index in [9.17, 15) is 13.2 Å². The molecule has 1 spiro atoms. The van der Waals surface area contributed by atoms with E-state index in [-0.39, 0.29) is 23.0 Å². The second-order valence-corrected chi connectivity index (χ2v) is 9.47. The fourth-order valence-corrected chi connectivity index (χ4v) is 5.76. The number of carbonyl (C=O) groups excluding carboxylic acids is 1. The van der Waals surface area contributed by atoms with E-state index in [4.69, 9.17) is 4.52 Å².